The molecule has 1 aromatic carbocycles. The number of rotatable bonds is 5. The maximum Gasteiger partial charge on any atom is 0.163 e. The maximum atomic E-state index is 11.6. The number of carbonyl (C=O) groups excluding carboxylic acids is 1. The third-order valence-corrected chi connectivity index (χ3v) is 3.88. The van der Waals surface area contributed by atoms with Gasteiger partial charge in [-0.15, -0.1) is 0 Å². The molecule has 5 heteroatoms. The van der Waals surface area contributed by atoms with E-state index < -0.39 is 0 Å². The third kappa shape index (κ3) is 4.43. The van der Waals surface area contributed by atoms with Crippen molar-refractivity contribution in [1.82, 2.24) is 4.90 Å². The summed E-state index contributed by atoms with van der Waals surface area (Å²) >= 11 is 5.92. The van der Waals surface area contributed by atoms with E-state index in [1.54, 1.807) is 18.2 Å². The molecule has 21 heavy (non-hydrogen) atoms. The molecule has 116 valence electrons. The topological polar surface area (TPSA) is 38.8 Å². The number of nitrogens with zero attached hydrogens (tertiary/aromatic N) is 1. The molecular weight excluding hydrogens is 290 g/mol. The first-order chi connectivity index (χ1) is 9.97. The van der Waals surface area contributed by atoms with Gasteiger partial charge in [0, 0.05) is 24.2 Å². The van der Waals surface area contributed by atoms with Crippen LogP contribution in [0.25, 0.3) is 0 Å². The van der Waals surface area contributed by atoms with Crippen molar-refractivity contribution in [3.05, 3.63) is 28.8 Å². The van der Waals surface area contributed by atoms with Crippen LogP contribution in [0.15, 0.2) is 18.2 Å². The summed E-state index contributed by atoms with van der Waals surface area (Å²) in [6.45, 7) is 8.81. The lowest BCUT2D eigenvalue weighted by atomic mass is 10.1. The number of hydrogen-bond donors (Lipinski definition) is 0. The molecular formula is C16H22ClNO3. The largest absolute Gasteiger partial charge is 0.490 e. The second kappa shape index (κ2) is 7.25. The molecule has 1 unspecified atom stereocenters. The zero-order valence-corrected chi connectivity index (χ0v) is 13.5. The highest BCUT2D eigenvalue weighted by molar-refractivity contribution is 6.31. The Bertz CT molecular complexity index is 504. The van der Waals surface area contributed by atoms with Crippen molar-refractivity contribution >= 4 is 17.4 Å². The van der Waals surface area contributed by atoms with Gasteiger partial charge < -0.3 is 9.47 Å². The van der Waals surface area contributed by atoms with Gasteiger partial charge in [-0.3, -0.25) is 9.69 Å². The molecule has 0 aromatic heterocycles. The Hall–Kier alpha value is -1.10. The van der Waals surface area contributed by atoms with Crippen molar-refractivity contribution in [2.45, 2.75) is 32.9 Å². The van der Waals surface area contributed by atoms with E-state index in [4.69, 9.17) is 21.1 Å². The van der Waals surface area contributed by atoms with Gasteiger partial charge in [-0.2, -0.15) is 0 Å². The monoisotopic (exact) mass is 311 g/mol. The minimum atomic E-state index is -0.0548. The summed E-state index contributed by atoms with van der Waals surface area (Å²) < 4.78 is 11.5. The first-order valence-corrected chi connectivity index (χ1v) is 7.64. The van der Waals surface area contributed by atoms with Gasteiger partial charge in [0.25, 0.3) is 0 Å². The lowest BCUT2D eigenvalue weighted by Gasteiger charge is -2.35. The van der Waals surface area contributed by atoms with Crippen LogP contribution in [-0.4, -0.2) is 49.1 Å². The van der Waals surface area contributed by atoms with Gasteiger partial charge >= 0.3 is 0 Å². The molecule has 1 aromatic rings. The number of halogens is 1. The SMILES string of the molecule is CC(=O)c1cc(Cl)ccc1OCC1CN(C(C)C)CCO1. The highest BCUT2D eigenvalue weighted by atomic mass is 35.5. The first kappa shape index (κ1) is 16.3. The van der Waals surface area contributed by atoms with E-state index in [0.717, 1.165) is 13.1 Å². The van der Waals surface area contributed by atoms with Crippen LogP contribution in [0.5, 0.6) is 5.75 Å². The predicted octanol–water partition coefficient (Wildman–Crippen LogP) is 3.03. The van der Waals surface area contributed by atoms with Gasteiger partial charge in [0.15, 0.2) is 5.78 Å². The molecule has 1 atom stereocenters. The van der Waals surface area contributed by atoms with Crippen molar-refractivity contribution in [1.29, 1.82) is 0 Å². The molecule has 0 aliphatic carbocycles. The van der Waals surface area contributed by atoms with Gasteiger partial charge in [-0.1, -0.05) is 11.6 Å². The van der Waals surface area contributed by atoms with E-state index in [1.165, 1.54) is 6.92 Å². The van der Waals surface area contributed by atoms with Crippen molar-refractivity contribution in [3.63, 3.8) is 0 Å². The smallest absolute Gasteiger partial charge is 0.163 e. The fourth-order valence-corrected chi connectivity index (χ4v) is 2.57. The molecule has 0 saturated carbocycles. The first-order valence-electron chi connectivity index (χ1n) is 7.26. The number of morpholine rings is 1. The number of carbonyl (C=O) groups is 1. The summed E-state index contributed by atoms with van der Waals surface area (Å²) in [7, 11) is 0. The summed E-state index contributed by atoms with van der Waals surface area (Å²) in [5.74, 6) is 0.512. The summed E-state index contributed by atoms with van der Waals surface area (Å²) in [6.07, 6.45) is 0.0247. The van der Waals surface area contributed by atoms with E-state index in [2.05, 4.69) is 18.7 Å². The van der Waals surface area contributed by atoms with Crippen molar-refractivity contribution in [2.75, 3.05) is 26.3 Å². The van der Waals surface area contributed by atoms with Crippen LogP contribution < -0.4 is 4.74 Å². The lowest BCUT2D eigenvalue weighted by Crippen LogP contribution is -2.47. The fourth-order valence-electron chi connectivity index (χ4n) is 2.40. The van der Waals surface area contributed by atoms with Gasteiger partial charge in [0.1, 0.15) is 18.5 Å². The van der Waals surface area contributed by atoms with Crippen LogP contribution in [0.4, 0.5) is 0 Å². The van der Waals surface area contributed by atoms with Crippen molar-refractivity contribution in [2.24, 2.45) is 0 Å². The number of Topliss-reactive ketones (excluding diaryl/α,β-unsaturated/α-hetero) is 1. The Morgan fingerprint density at radius 2 is 2.29 bits per heavy atom. The molecule has 2 rings (SSSR count). The van der Waals surface area contributed by atoms with E-state index in [-0.39, 0.29) is 11.9 Å². The van der Waals surface area contributed by atoms with Crippen molar-refractivity contribution in [3.8, 4) is 5.75 Å². The molecule has 0 spiro atoms. The zero-order valence-electron chi connectivity index (χ0n) is 12.8. The second-order valence-electron chi connectivity index (χ2n) is 5.59. The quantitative estimate of drug-likeness (QED) is 0.784. The summed E-state index contributed by atoms with van der Waals surface area (Å²) in [6, 6.07) is 5.61. The number of hydrogen-bond acceptors (Lipinski definition) is 4. The molecule has 1 fully saturated rings. The Morgan fingerprint density at radius 1 is 1.52 bits per heavy atom. The summed E-state index contributed by atoms with van der Waals surface area (Å²) in [4.78, 5) is 14.0. The minimum Gasteiger partial charge on any atom is -0.490 e. The van der Waals surface area contributed by atoms with E-state index >= 15 is 0 Å². The summed E-state index contributed by atoms with van der Waals surface area (Å²) in [5, 5.41) is 0.535. The Balaban J connectivity index is 1.98. The standard InChI is InChI=1S/C16H22ClNO3/c1-11(2)18-6-7-20-14(9-18)10-21-16-5-4-13(17)8-15(16)12(3)19/h4-5,8,11,14H,6-7,9-10H2,1-3H3. The molecule has 0 amide bonds. The average molecular weight is 312 g/mol. The molecule has 1 heterocycles. The lowest BCUT2D eigenvalue weighted by molar-refractivity contribution is -0.0565. The third-order valence-electron chi connectivity index (χ3n) is 3.65. The molecule has 0 bridgehead atoms. The van der Waals surface area contributed by atoms with Crippen LogP contribution in [-0.2, 0) is 4.74 Å². The van der Waals surface area contributed by atoms with Crippen LogP contribution in [0, 0.1) is 0 Å². The normalized spacial score (nSPS) is 19.8. The molecule has 4 nitrogen and oxygen atoms in total. The van der Waals surface area contributed by atoms with E-state index in [1.807, 2.05) is 0 Å². The predicted molar refractivity (Wildman–Crippen MR) is 83.4 cm³/mol. The maximum absolute atomic E-state index is 11.6. The van der Waals surface area contributed by atoms with Crippen LogP contribution in [0.2, 0.25) is 5.02 Å². The van der Waals surface area contributed by atoms with Crippen LogP contribution in [0.3, 0.4) is 0 Å². The highest BCUT2D eigenvalue weighted by Gasteiger charge is 2.23. The second-order valence-corrected chi connectivity index (χ2v) is 6.03. The molecule has 1 aliphatic rings. The Labute approximate surface area is 131 Å². The van der Waals surface area contributed by atoms with E-state index in [0.29, 0.717) is 35.6 Å². The molecule has 1 saturated heterocycles. The van der Waals surface area contributed by atoms with Gasteiger partial charge in [0.2, 0.25) is 0 Å². The van der Waals surface area contributed by atoms with E-state index in [9.17, 15) is 4.79 Å². The van der Waals surface area contributed by atoms with Crippen molar-refractivity contribution < 1.29 is 14.3 Å². The Kier molecular flexibility index (Phi) is 5.62. The van der Waals surface area contributed by atoms with Crippen LogP contribution >= 0.6 is 11.6 Å². The number of benzene rings is 1. The van der Waals surface area contributed by atoms with Gasteiger partial charge in [-0.05, 0) is 39.0 Å². The van der Waals surface area contributed by atoms with Crippen LogP contribution in [0.1, 0.15) is 31.1 Å². The molecule has 0 radical (unpaired) electrons. The fraction of sp³-hybridized carbons (Fsp3) is 0.562. The summed E-state index contributed by atoms with van der Waals surface area (Å²) in [5.41, 5.74) is 0.513. The zero-order chi connectivity index (χ0) is 15.4. The highest BCUT2D eigenvalue weighted by Crippen LogP contribution is 2.24. The molecule has 0 N–H and O–H groups in total. The average Bonchev–Trinajstić information content (AvgIpc) is 2.46. The number of ketones is 1. The van der Waals surface area contributed by atoms with Gasteiger partial charge in [0.05, 0.1) is 12.2 Å². The number of ether oxygens (including phenoxy) is 2. The minimum absolute atomic E-state index is 0.0247. The Morgan fingerprint density at radius 3 is 2.95 bits per heavy atom. The van der Waals surface area contributed by atoms with Gasteiger partial charge in [-0.25, -0.2) is 0 Å². The molecule has 1 aliphatic heterocycles.